The highest BCUT2D eigenvalue weighted by Crippen LogP contribution is 2.44. The molecule has 1 fully saturated rings. The normalized spacial score (nSPS) is 19.1. The molecule has 0 radical (unpaired) electrons. The zero-order valence-electron chi connectivity index (χ0n) is 23.8. The van der Waals surface area contributed by atoms with Crippen molar-refractivity contribution < 1.29 is 13.9 Å². The Morgan fingerprint density at radius 1 is 1.31 bits per heavy atom. The van der Waals surface area contributed by atoms with E-state index in [-0.39, 0.29) is 16.6 Å². The van der Waals surface area contributed by atoms with E-state index in [4.69, 9.17) is 18.9 Å². The second-order valence-electron chi connectivity index (χ2n) is 12.2. The van der Waals surface area contributed by atoms with E-state index in [9.17, 15) is 5.26 Å². The Hall–Kier alpha value is -3.46. The molecule has 2 aliphatic rings. The van der Waals surface area contributed by atoms with E-state index in [1.807, 2.05) is 19.2 Å². The van der Waals surface area contributed by atoms with E-state index >= 15 is 0 Å². The molecule has 1 saturated heterocycles. The number of nitriles is 1. The van der Waals surface area contributed by atoms with E-state index in [0.29, 0.717) is 55.1 Å². The number of benzene rings is 1. The van der Waals surface area contributed by atoms with Crippen molar-refractivity contribution in [2.45, 2.75) is 57.3 Å². The van der Waals surface area contributed by atoms with Crippen LogP contribution in [0.3, 0.4) is 0 Å². The van der Waals surface area contributed by atoms with E-state index < -0.39 is 8.32 Å². The Balaban J connectivity index is 1.43. The predicted molar refractivity (Wildman–Crippen MR) is 153 cm³/mol. The topological polar surface area (TPSA) is 119 Å². The number of anilines is 3. The number of nitrogens with zero attached hydrogens (tertiary/aromatic N) is 5. The number of aromatic nitrogens is 4. The lowest BCUT2D eigenvalue weighted by atomic mass is 9.83. The predicted octanol–water partition coefficient (Wildman–Crippen LogP) is 4.97. The van der Waals surface area contributed by atoms with Crippen molar-refractivity contribution in [3.8, 4) is 23.2 Å². The lowest BCUT2D eigenvalue weighted by Gasteiger charge is -2.39. The number of nitrogens with one attached hydrogen (secondary N) is 2. The third kappa shape index (κ3) is 5.24. The van der Waals surface area contributed by atoms with Gasteiger partial charge in [-0.15, -0.1) is 0 Å². The molecule has 2 aromatic heterocycles. The molecule has 2 N–H and O–H groups in total. The summed E-state index contributed by atoms with van der Waals surface area (Å²) in [6.07, 6.45) is 3.40. The Morgan fingerprint density at radius 3 is 2.74 bits per heavy atom. The lowest BCUT2D eigenvalue weighted by Crippen LogP contribution is -2.45. The standard InChI is InChI=1S/C28H37N7O3Si/c1-27(2,3)39(6,7)37-17-28(4)16-31-24-19(12-29)10-18(11-21(24)28)22-8-9-30-26(33-22)34-23-13-32-35(5)25(23)38-20-14-36-15-20/h8-11,13,20,31H,14-17H2,1-7H3,(H,30,33,34)/t28-/m1/s1. The van der Waals surface area contributed by atoms with Gasteiger partial charge in [0.15, 0.2) is 8.32 Å². The number of fused-ring (bicyclic) bond motifs is 1. The van der Waals surface area contributed by atoms with Gasteiger partial charge in [0, 0.05) is 37.4 Å². The lowest BCUT2D eigenvalue weighted by molar-refractivity contribution is -0.0823. The zero-order valence-corrected chi connectivity index (χ0v) is 24.8. The third-order valence-electron chi connectivity index (χ3n) is 8.09. The molecule has 3 aromatic rings. The highest BCUT2D eigenvalue weighted by molar-refractivity contribution is 6.74. The highest BCUT2D eigenvalue weighted by atomic mass is 28.4. The largest absolute Gasteiger partial charge is 0.468 e. The van der Waals surface area contributed by atoms with Gasteiger partial charge < -0.3 is 24.5 Å². The molecule has 10 nitrogen and oxygen atoms in total. The van der Waals surface area contributed by atoms with Crippen molar-refractivity contribution in [1.29, 1.82) is 5.26 Å². The number of rotatable bonds is 8. The van der Waals surface area contributed by atoms with Crippen LogP contribution in [0.2, 0.25) is 18.1 Å². The van der Waals surface area contributed by atoms with Crippen molar-refractivity contribution in [2.24, 2.45) is 7.05 Å². The Labute approximate surface area is 230 Å². The molecule has 0 saturated carbocycles. The molecule has 0 amide bonds. The van der Waals surface area contributed by atoms with Gasteiger partial charge in [-0.25, -0.2) is 14.6 Å². The second kappa shape index (κ2) is 9.93. The van der Waals surface area contributed by atoms with Crippen molar-refractivity contribution in [2.75, 3.05) is 37.0 Å². The van der Waals surface area contributed by atoms with Gasteiger partial charge in [-0.3, -0.25) is 0 Å². The van der Waals surface area contributed by atoms with Crippen LogP contribution < -0.4 is 15.4 Å². The minimum absolute atomic E-state index is 0.00700. The maximum absolute atomic E-state index is 10.00. The van der Waals surface area contributed by atoms with Crippen LogP contribution in [-0.4, -0.2) is 60.5 Å². The van der Waals surface area contributed by atoms with Crippen LogP contribution in [0.15, 0.2) is 30.6 Å². The number of ether oxygens (including phenoxy) is 2. The maximum Gasteiger partial charge on any atom is 0.236 e. The first-order chi connectivity index (χ1) is 18.4. The summed E-state index contributed by atoms with van der Waals surface area (Å²) >= 11 is 0. The SMILES string of the molecule is Cn1ncc(Nc2nccc(-c3cc(C#N)c4c(c3)[C@@](C)(CO[Si](C)(C)C(C)(C)C)CN4)n2)c1OC1COC1. The van der Waals surface area contributed by atoms with Crippen LogP contribution in [0.25, 0.3) is 11.3 Å². The Kier molecular flexibility index (Phi) is 6.91. The first-order valence-electron chi connectivity index (χ1n) is 13.2. The molecule has 0 bridgehead atoms. The minimum Gasteiger partial charge on any atom is -0.468 e. The molecule has 5 rings (SSSR count). The number of hydrogen-bond donors (Lipinski definition) is 2. The molecule has 11 heteroatoms. The van der Waals surface area contributed by atoms with Crippen LogP contribution in [0.5, 0.6) is 5.88 Å². The van der Waals surface area contributed by atoms with Gasteiger partial charge >= 0.3 is 0 Å². The van der Waals surface area contributed by atoms with Gasteiger partial charge in [0.2, 0.25) is 11.8 Å². The van der Waals surface area contributed by atoms with E-state index in [1.54, 1.807) is 17.1 Å². The van der Waals surface area contributed by atoms with Crippen molar-refractivity contribution in [3.05, 3.63) is 41.7 Å². The van der Waals surface area contributed by atoms with Gasteiger partial charge in [-0.05, 0) is 41.9 Å². The molecule has 1 aromatic carbocycles. The summed E-state index contributed by atoms with van der Waals surface area (Å²) in [6.45, 7) is 15.9. The van der Waals surface area contributed by atoms with Gasteiger partial charge in [0.1, 0.15) is 17.9 Å². The minimum atomic E-state index is -1.94. The fourth-order valence-corrected chi connectivity index (χ4v) is 5.51. The molecule has 206 valence electrons. The fraction of sp³-hybridized carbons (Fsp3) is 0.500. The molecule has 0 spiro atoms. The van der Waals surface area contributed by atoms with Crippen LogP contribution >= 0.6 is 0 Å². The molecular weight excluding hydrogens is 510 g/mol. The first kappa shape index (κ1) is 27.1. The summed E-state index contributed by atoms with van der Waals surface area (Å²) in [6, 6.07) is 8.24. The van der Waals surface area contributed by atoms with Gasteiger partial charge in [0.25, 0.3) is 0 Å². The average Bonchev–Trinajstić information content (AvgIpc) is 3.38. The van der Waals surface area contributed by atoms with Gasteiger partial charge in [-0.2, -0.15) is 10.4 Å². The molecular formula is C28H37N7O3Si. The summed E-state index contributed by atoms with van der Waals surface area (Å²) in [5.74, 6) is 1.02. The van der Waals surface area contributed by atoms with Gasteiger partial charge in [0.05, 0.1) is 36.4 Å². The monoisotopic (exact) mass is 547 g/mol. The molecule has 0 unspecified atom stereocenters. The number of hydrogen-bond acceptors (Lipinski definition) is 9. The fourth-order valence-electron chi connectivity index (χ4n) is 4.40. The maximum atomic E-state index is 10.00. The molecule has 2 aliphatic heterocycles. The van der Waals surface area contributed by atoms with Crippen molar-refractivity contribution in [3.63, 3.8) is 0 Å². The Bertz CT molecular complexity index is 1420. The summed E-state index contributed by atoms with van der Waals surface area (Å²) in [5, 5.41) is 21.1. The smallest absolute Gasteiger partial charge is 0.236 e. The van der Waals surface area contributed by atoms with Crippen LogP contribution in [0.1, 0.15) is 38.8 Å². The molecule has 1 atom stereocenters. The number of aryl methyl sites for hydroxylation is 1. The molecule has 39 heavy (non-hydrogen) atoms. The quantitative estimate of drug-likeness (QED) is 0.377. The first-order valence-corrected chi connectivity index (χ1v) is 16.1. The van der Waals surface area contributed by atoms with E-state index in [1.165, 1.54) is 0 Å². The second-order valence-corrected chi connectivity index (χ2v) is 17.0. The van der Waals surface area contributed by atoms with Crippen LogP contribution in [0.4, 0.5) is 17.3 Å². The Morgan fingerprint density at radius 2 is 2.08 bits per heavy atom. The van der Waals surface area contributed by atoms with Crippen LogP contribution in [-0.2, 0) is 21.6 Å². The summed E-state index contributed by atoms with van der Waals surface area (Å²) in [7, 11) is -0.118. The summed E-state index contributed by atoms with van der Waals surface area (Å²) in [5.41, 5.74) is 4.52. The van der Waals surface area contributed by atoms with E-state index in [0.717, 1.165) is 16.8 Å². The van der Waals surface area contributed by atoms with Crippen molar-refractivity contribution >= 4 is 25.6 Å². The average molecular weight is 548 g/mol. The molecule has 0 aliphatic carbocycles. The third-order valence-corrected chi connectivity index (χ3v) is 12.6. The summed E-state index contributed by atoms with van der Waals surface area (Å²) in [4.78, 5) is 9.19. The highest BCUT2D eigenvalue weighted by Gasteiger charge is 2.42. The zero-order chi connectivity index (χ0) is 28.0. The summed E-state index contributed by atoms with van der Waals surface area (Å²) < 4.78 is 19.6. The van der Waals surface area contributed by atoms with Crippen LogP contribution in [0, 0.1) is 11.3 Å². The van der Waals surface area contributed by atoms with Gasteiger partial charge in [-0.1, -0.05) is 27.7 Å². The molecule has 4 heterocycles. The van der Waals surface area contributed by atoms with E-state index in [2.05, 4.69) is 73.6 Å². The van der Waals surface area contributed by atoms with Crippen molar-refractivity contribution in [1.82, 2.24) is 19.7 Å².